The van der Waals surface area contributed by atoms with Crippen LogP contribution in [0.25, 0.3) is 0 Å². The second kappa shape index (κ2) is 1.79. The van der Waals surface area contributed by atoms with E-state index in [4.69, 9.17) is 0 Å². The maximum atomic E-state index is 10.2. The summed E-state index contributed by atoms with van der Waals surface area (Å²) in [4.78, 5) is 10.2. The average molecular weight is 118 g/mol. The molecule has 1 fully saturated rings. The fourth-order valence-electron chi connectivity index (χ4n) is 0.532. The van der Waals surface area contributed by atoms with Crippen LogP contribution >= 0.6 is 9.24 Å². The Kier molecular flexibility index (Phi) is 1.29. The quantitative estimate of drug-likeness (QED) is 0.335. The summed E-state index contributed by atoms with van der Waals surface area (Å²) in [6.07, 6.45) is 0.574. The Morgan fingerprint density at radius 3 is 2.71 bits per heavy atom. The number of carbonyl (C=O) groups is 1. The minimum Gasteiger partial charge on any atom is -0.465 e. The summed E-state index contributed by atoms with van der Waals surface area (Å²) in [5.74, 6) is -0.0694. The Morgan fingerprint density at radius 2 is 2.57 bits per heavy atom. The molecule has 1 aliphatic heterocycles. The molecule has 2 atom stereocenters. The van der Waals surface area contributed by atoms with E-state index in [2.05, 4.69) is 14.0 Å². The van der Waals surface area contributed by atoms with Crippen LogP contribution in [0.15, 0.2) is 0 Å². The van der Waals surface area contributed by atoms with Gasteiger partial charge in [-0.2, -0.15) is 0 Å². The minimum absolute atomic E-state index is 0.0694. The second-order valence-electron chi connectivity index (χ2n) is 1.65. The zero-order valence-electron chi connectivity index (χ0n) is 3.89. The van der Waals surface area contributed by atoms with Gasteiger partial charge in [0.2, 0.25) is 0 Å². The third kappa shape index (κ3) is 1.13. The van der Waals surface area contributed by atoms with Crippen molar-refractivity contribution in [3.63, 3.8) is 0 Å². The molecule has 1 rings (SSSR count). The Bertz CT molecular complexity index is 91.7. The van der Waals surface area contributed by atoms with Crippen molar-refractivity contribution in [1.29, 1.82) is 0 Å². The molecule has 40 valence electrons. The Hall–Kier alpha value is -0.100. The molecule has 0 radical (unpaired) electrons. The van der Waals surface area contributed by atoms with Gasteiger partial charge in [0.15, 0.2) is 0 Å². The smallest absolute Gasteiger partial charge is 0.306 e. The third-order valence-electron chi connectivity index (χ3n) is 0.887. The van der Waals surface area contributed by atoms with Gasteiger partial charge >= 0.3 is 5.97 Å². The van der Waals surface area contributed by atoms with Crippen LogP contribution in [-0.4, -0.2) is 18.2 Å². The lowest BCUT2D eigenvalue weighted by Crippen LogP contribution is -1.91. The zero-order valence-corrected chi connectivity index (χ0v) is 5.04. The van der Waals surface area contributed by atoms with Gasteiger partial charge in [-0.3, -0.25) is 4.79 Å². The van der Waals surface area contributed by atoms with E-state index in [0.717, 1.165) is 0 Å². The van der Waals surface area contributed by atoms with Crippen LogP contribution < -0.4 is 0 Å². The second-order valence-corrected chi connectivity index (χ2v) is 2.59. The monoisotopic (exact) mass is 118 g/mol. The van der Waals surface area contributed by atoms with Gasteiger partial charge in [-0.15, -0.1) is 9.24 Å². The number of esters is 1. The number of hydrogen-bond acceptors (Lipinski definition) is 2. The van der Waals surface area contributed by atoms with Crippen molar-refractivity contribution in [2.24, 2.45) is 0 Å². The number of hydrogen-bond donors (Lipinski definition) is 0. The normalized spacial score (nSPS) is 30.4. The lowest BCUT2D eigenvalue weighted by atomic mass is 10.4. The standard InChI is InChI=1S/C4H7O2P/c5-4-1-3(7)2-6-4/h3H,1-2,7H2. The van der Waals surface area contributed by atoms with Crippen molar-refractivity contribution in [2.75, 3.05) is 6.61 Å². The van der Waals surface area contributed by atoms with Gasteiger partial charge in [0.1, 0.15) is 0 Å². The van der Waals surface area contributed by atoms with Gasteiger partial charge in [0.25, 0.3) is 0 Å². The number of carbonyl (C=O) groups excluding carboxylic acids is 1. The summed E-state index contributed by atoms with van der Waals surface area (Å²) in [5, 5.41) is 0. The molecule has 0 aromatic heterocycles. The van der Waals surface area contributed by atoms with E-state index in [1.807, 2.05) is 0 Å². The number of rotatable bonds is 0. The topological polar surface area (TPSA) is 26.3 Å². The van der Waals surface area contributed by atoms with E-state index >= 15 is 0 Å². The minimum atomic E-state index is -0.0694. The van der Waals surface area contributed by atoms with Crippen LogP contribution in [0.3, 0.4) is 0 Å². The molecule has 0 aromatic carbocycles. The molecule has 0 bridgehead atoms. The van der Waals surface area contributed by atoms with Gasteiger partial charge in [0, 0.05) is 5.66 Å². The molecule has 2 unspecified atom stereocenters. The summed E-state index contributed by atoms with van der Waals surface area (Å²) >= 11 is 0. The first-order valence-electron chi connectivity index (χ1n) is 2.20. The maximum Gasteiger partial charge on any atom is 0.306 e. The molecular weight excluding hydrogens is 111 g/mol. The van der Waals surface area contributed by atoms with Gasteiger partial charge in [-0.25, -0.2) is 0 Å². The number of cyclic esters (lactones) is 1. The maximum absolute atomic E-state index is 10.2. The largest absolute Gasteiger partial charge is 0.465 e. The van der Waals surface area contributed by atoms with E-state index in [9.17, 15) is 4.79 Å². The van der Waals surface area contributed by atoms with Gasteiger partial charge in [0.05, 0.1) is 13.0 Å². The fraction of sp³-hybridized carbons (Fsp3) is 0.750. The van der Waals surface area contributed by atoms with Crippen molar-refractivity contribution in [2.45, 2.75) is 12.1 Å². The van der Waals surface area contributed by atoms with Crippen LogP contribution in [0, 0.1) is 0 Å². The predicted molar refractivity (Wildman–Crippen MR) is 29.1 cm³/mol. The molecule has 2 nitrogen and oxygen atoms in total. The average Bonchev–Trinajstić information content (AvgIpc) is 1.87. The highest BCUT2D eigenvalue weighted by Crippen LogP contribution is 2.13. The van der Waals surface area contributed by atoms with Gasteiger partial charge in [-0.1, -0.05) is 0 Å². The van der Waals surface area contributed by atoms with Crippen molar-refractivity contribution in [3.05, 3.63) is 0 Å². The molecule has 1 saturated heterocycles. The summed E-state index contributed by atoms with van der Waals surface area (Å²) in [7, 11) is 2.55. The van der Waals surface area contributed by atoms with E-state index in [1.165, 1.54) is 0 Å². The first kappa shape index (κ1) is 5.04. The van der Waals surface area contributed by atoms with E-state index in [-0.39, 0.29) is 5.97 Å². The highest BCUT2D eigenvalue weighted by atomic mass is 31.0. The highest BCUT2D eigenvalue weighted by molar-refractivity contribution is 7.17. The molecule has 0 saturated carbocycles. The van der Waals surface area contributed by atoms with Crippen molar-refractivity contribution in [3.8, 4) is 0 Å². The highest BCUT2D eigenvalue weighted by Gasteiger charge is 2.18. The summed E-state index contributed by atoms with van der Waals surface area (Å²) in [5.41, 5.74) is 0.368. The molecule has 0 N–H and O–H groups in total. The molecule has 1 aliphatic rings. The Labute approximate surface area is 44.4 Å². The summed E-state index contributed by atoms with van der Waals surface area (Å²) in [6.45, 7) is 0.587. The van der Waals surface area contributed by atoms with Crippen LogP contribution in [0.2, 0.25) is 0 Å². The van der Waals surface area contributed by atoms with Crippen LogP contribution in [0.5, 0.6) is 0 Å². The fourth-order valence-corrected chi connectivity index (χ4v) is 0.821. The molecule has 0 spiro atoms. The third-order valence-corrected chi connectivity index (χ3v) is 1.32. The molecular formula is C4H7O2P. The van der Waals surface area contributed by atoms with Crippen LogP contribution in [-0.2, 0) is 9.53 Å². The lowest BCUT2D eigenvalue weighted by Gasteiger charge is -1.87. The van der Waals surface area contributed by atoms with Crippen LogP contribution in [0.1, 0.15) is 6.42 Å². The van der Waals surface area contributed by atoms with Crippen molar-refractivity contribution < 1.29 is 9.53 Å². The Morgan fingerprint density at radius 1 is 1.86 bits per heavy atom. The van der Waals surface area contributed by atoms with Gasteiger partial charge < -0.3 is 4.74 Å². The Balaban J connectivity index is 2.40. The molecule has 0 aromatic rings. The summed E-state index contributed by atoms with van der Waals surface area (Å²) in [6, 6.07) is 0. The number of ether oxygens (including phenoxy) is 1. The van der Waals surface area contributed by atoms with Crippen molar-refractivity contribution >= 4 is 15.2 Å². The van der Waals surface area contributed by atoms with E-state index in [1.54, 1.807) is 0 Å². The van der Waals surface area contributed by atoms with E-state index < -0.39 is 0 Å². The zero-order chi connectivity index (χ0) is 5.28. The van der Waals surface area contributed by atoms with E-state index in [0.29, 0.717) is 18.7 Å². The lowest BCUT2D eigenvalue weighted by molar-refractivity contribution is -0.137. The molecule has 3 heteroatoms. The molecule has 7 heavy (non-hydrogen) atoms. The summed E-state index contributed by atoms with van der Waals surface area (Å²) < 4.78 is 4.61. The first-order valence-corrected chi connectivity index (χ1v) is 2.87. The first-order chi connectivity index (χ1) is 3.29. The van der Waals surface area contributed by atoms with Gasteiger partial charge in [-0.05, 0) is 0 Å². The van der Waals surface area contributed by atoms with Crippen molar-refractivity contribution in [1.82, 2.24) is 0 Å². The SMILES string of the molecule is O=C1CC(P)CO1. The predicted octanol–water partition coefficient (Wildman–Crippen LogP) is 0.177. The molecule has 1 heterocycles. The van der Waals surface area contributed by atoms with Crippen LogP contribution in [0.4, 0.5) is 0 Å². The molecule has 0 amide bonds. The molecule has 0 aliphatic carbocycles.